The van der Waals surface area contributed by atoms with Gasteiger partial charge in [0.05, 0.1) is 5.69 Å². The van der Waals surface area contributed by atoms with Crippen molar-refractivity contribution >= 4 is 0 Å². The molecular weight excluding hydrogens is 214 g/mol. The van der Waals surface area contributed by atoms with Gasteiger partial charge in [-0.15, -0.1) is 0 Å². The van der Waals surface area contributed by atoms with Crippen LogP contribution in [0.15, 0.2) is 12.4 Å². The second-order valence-corrected chi connectivity index (χ2v) is 5.00. The molecule has 0 radical (unpaired) electrons. The molecule has 4 heteroatoms. The molecule has 92 valence electrons. The SMILES string of the molecule is c1nc(OC2CCNC2)cc(C2CCCC2)n1. The van der Waals surface area contributed by atoms with Gasteiger partial charge in [-0.25, -0.2) is 9.97 Å². The maximum Gasteiger partial charge on any atom is 0.216 e. The van der Waals surface area contributed by atoms with Crippen molar-refractivity contribution in [3.05, 3.63) is 18.1 Å². The minimum Gasteiger partial charge on any atom is -0.473 e. The van der Waals surface area contributed by atoms with Crippen LogP contribution in [-0.2, 0) is 0 Å². The van der Waals surface area contributed by atoms with Crippen LogP contribution < -0.4 is 10.1 Å². The molecule has 1 aromatic rings. The number of nitrogens with zero attached hydrogens (tertiary/aromatic N) is 2. The van der Waals surface area contributed by atoms with E-state index in [1.807, 2.05) is 6.07 Å². The smallest absolute Gasteiger partial charge is 0.216 e. The molecule has 17 heavy (non-hydrogen) atoms. The highest BCUT2D eigenvalue weighted by atomic mass is 16.5. The Kier molecular flexibility index (Phi) is 3.22. The normalized spacial score (nSPS) is 25.3. The van der Waals surface area contributed by atoms with E-state index in [-0.39, 0.29) is 6.10 Å². The molecule has 1 aliphatic heterocycles. The highest BCUT2D eigenvalue weighted by Gasteiger charge is 2.20. The first kappa shape index (κ1) is 11.0. The summed E-state index contributed by atoms with van der Waals surface area (Å²) in [7, 11) is 0. The van der Waals surface area contributed by atoms with Gasteiger partial charge in [0.15, 0.2) is 0 Å². The van der Waals surface area contributed by atoms with E-state index in [1.165, 1.54) is 31.4 Å². The van der Waals surface area contributed by atoms with Gasteiger partial charge in [0.2, 0.25) is 5.88 Å². The molecule has 2 heterocycles. The molecule has 1 saturated carbocycles. The lowest BCUT2D eigenvalue weighted by atomic mass is 10.0. The molecule has 1 atom stereocenters. The van der Waals surface area contributed by atoms with Crippen LogP contribution in [0.5, 0.6) is 5.88 Å². The molecule has 1 N–H and O–H groups in total. The van der Waals surface area contributed by atoms with Crippen molar-refractivity contribution < 1.29 is 4.74 Å². The molecule has 2 aliphatic rings. The lowest BCUT2D eigenvalue weighted by Crippen LogP contribution is -2.20. The standard InChI is InChI=1S/C13H19N3O/c1-2-4-10(3-1)12-7-13(16-9-15-12)17-11-5-6-14-8-11/h7,9-11,14H,1-6,8H2. The Morgan fingerprint density at radius 2 is 2.06 bits per heavy atom. The minimum absolute atomic E-state index is 0.279. The Labute approximate surface area is 102 Å². The maximum atomic E-state index is 5.86. The van der Waals surface area contributed by atoms with E-state index in [9.17, 15) is 0 Å². The van der Waals surface area contributed by atoms with E-state index in [2.05, 4.69) is 15.3 Å². The Balaban J connectivity index is 1.69. The first-order chi connectivity index (χ1) is 8.42. The Morgan fingerprint density at radius 1 is 1.18 bits per heavy atom. The second-order valence-electron chi connectivity index (χ2n) is 5.00. The Bertz CT molecular complexity index is 371. The van der Waals surface area contributed by atoms with E-state index in [4.69, 9.17) is 4.74 Å². The third kappa shape index (κ3) is 2.57. The summed E-state index contributed by atoms with van der Waals surface area (Å²) in [5, 5.41) is 3.29. The molecule has 1 unspecified atom stereocenters. The average Bonchev–Trinajstić information content (AvgIpc) is 3.01. The van der Waals surface area contributed by atoms with Crippen LogP contribution in [0, 0.1) is 0 Å². The zero-order valence-electron chi connectivity index (χ0n) is 10.1. The van der Waals surface area contributed by atoms with Crippen molar-refractivity contribution in [3.8, 4) is 5.88 Å². The summed E-state index contributed by atoms with van der Waals surface area (Å²) in [6, 6.07) is 2.04. The van der Waals surface area contributed by atoms with Crippen molar-refractivity contribution in [2.45, 2.75) is 44.1 Å². The van der Waals surface area contributed by atoms with Crippen molar-refractivity contribution in [2.24, 2.45) is 0 Å². The first-order valence-corrected chi connectivity index (χ1v) is 6.61. The van der Waals surface area contributed by atoms with Gasteiger partial charge in [-0.2, -0.15) is 0 Å². The largest absolute Gasteiger partial charge is 0.473 e. The predicted octanol–water partition coefficient (Wildman–Crippen LogP) is 1.87. The summed E-state index contributed by atoms with van der Waals surface area (Å²) in [4.78, 5) is 8.60. The van der Waals surface area contributed by atoms with Crippen molar-refractivity contribution in [1.82, 2.24) is 15.3 Å². The second kappa shape index (κ2) is 5.00. The van der Waals surface area contributed by atoms with E-state index in [0.29, 0.717) is 5.92 Å². The summed E-state index contributed by atoms with van der Waals surface area (Å²) >= 11 is 0. The van der Waals surface area contributed by atoms with Crippen LogP contribution in [-0.4, -0.2) is 29.2 Å². The van der Waals surface area contributed by atoms with E-state index in [1.54, 1.807) is 6.33 Å². The number of hydrogen-bond donors (Lipinski definition) is 1. The molecule has 2 fully saturated rings. The summed E-state index contributed by atoms with van der Waals surface area (Å²) in [6.07, 6.45) is 8.19. The fourth-order valence-corrected chi connectivity index (χ4v) is 2.76. The van der Waals surface area contributed by atoms with Gasteiger partial charge in [-0.1, -0.05) is 12.8 Å². The summed E-state index contributed by atoms with van der Waals surface area (Å²) in [5.74, 6) is 1.37. The van der Waals surface area contributed by atoms with E-state index in [0.717, 1.165) is 25.4 Å². The van der Waals surface area contributed by atoms with Crippen molar-refractivity contribution in [1.29, 1.82) is 0 Å². The lowest BCUT2D eigenvalue weighted by Gasteiger charge is -2.13. The third-order valence-electron chi connectivity index (χ3n) is 3.74. The molecule has 4 nitrogen and oxygen atoms in total. The van der Waals surface area contributed by atoms with E-state index < -0.39 is 0 Å². The molecule has 3 rings (SSSR count). The van der Waals surface area contributed by atoms with Crippen LogP contribution in [0.1, 0.15) is 43.7 Å². The van der Waals surface area contributed by atoms with Crippen molar-refractivity contribution in [2.75, 3.05) is 13.1 Å². The number of hydrogen-bond acceptors (Lipinski definition) is 4. The number of aromatic nitrogens is 2. The van der Waals surface area contributed by atoms with Crippen LogP contribution in [0.25, 0.3) is 0 Å². The third-order valence-corrected chi connectivity index (χ3v) is 3.74. The molecule has 0 bridgehead atoms. The van der Waals surface area contributed by atoms with E-state index >= 15 is 0 Å². The zero-order valence-corrected chi connectivity index (χ0v) is 10.1. The molecule has 1 aromatic heterocycles. The number of ether oxygens (including phenoxy) is 1. The molecule has 0 aromatic carbocycles. The minimum atomic E-state index is 0.279. The van der Waals surface area contributed by atoms with Crippen LogP contribution in [0.3, 0.4) is 0 Å². The fourth-order valence-electron chi connectivity index (χ4n) is 2.76. The van der Waals surface area contributed by atoms with Gasteiger partial charge in [0, 0.05) is 18.5 Å². The Morgan fingerprint density at radius 3 is 2.82 bits per heavy atom. The quantitative estimate of drug-likeness (QED) is 0.866. The van der Waals surface area contributed by atoms with Gasteiger partial charge < -0.3 is 10.1 Å². The average molecular weight is 233 g/mol. The molecular formula is C13H19N3O. The monoisotopic (exact) mass is 233 g/mol. The van der Waals surface area contributed by atoms with Crippen LogP contribution >= 0.6 is 0 Å². The molecule has 1 aliphatic carbocycles. The van der Waals surface area contributed by atoms with Crippen LogP contribution in [0.4, 0.5) is 0 Å². The van der Waals surface area contributed by atoms with Gasteiger partial charge in [-0.05, 0) is 25.8 Å². The van der Waals surface area contributed by atoms with Gasteiger partial charge in [0.1, 0.15) is 12.4 Å². The van der Waals surface area contributed by atoms with Gasteiger partial charge >= 0.3 is 0 Å². The summed E-state index contributed by atoms with van der Waals surface area (Å²) in [6.45, 7) is 1.98. The first-order valence-electron chi connectivity index (χ1n) is 6.61. The predicted molar refractivity (Wildman–Crippen MR) is 65.1 cm³/mol. The maximum absolute atomic E-state index is 5.86. The number of nitrogens with one attached hydrogen (secondary N) is 1. The molecule has 0 amide bonds. The topological polar surface area (TPSA) is 47.0 Å². The summed E-state index contributed by atoms with van der Waals surface area (Å²) in [5.41, 5.74) is 1.17. The summed E-state index contributed by atoms with van der Waals surface area (Å²) < 4.78 is 5.86. The van der Waals surface area contributed by atoms with Crippen molar-refractivity contribution in [3.63, 3.8) is 0 Å². The Hall–Kier alpha value is -1.16. The van der Waals surface area contributed by atoms with Gasteiger partial charge in [0.25, 0.3) is 0 Å². The highest BCUT2D eigenvalue weighted by molar-refractivity contribution is 5.18. The zero-order chi connectivity index (χ0) is 11.5. The fraction of sp³-hybridized carbons (Fsp3) is 0.692. The number of rotatable bonds is 3. The molecule has 1 saturated heterocycles. The van der Waals surface area contributed by atoms with Crippen LogP contribution in [0.2, 0.25) is 0 Å². The van der Waals surface area contributed by atoms with Gasteiger partial charge in [-0.3, -0.25) is 0 Å². The lowest BCUT2D eigenvalue weighted by molar-refractivity contribution is 0.213. The highest BCUT2D eigenvalue weighted by Crippen LogP contribution is 2.33. The molecule has 0 spiro atoms.